The maximum Gasteiger partial charge on any atom is 0.313 e. The van der Waals surface area contributed by atoms with Gasteiger partial charge in [-0.1, -0.05) is 48.5 Å². The molecule has 0 aliphatic heterocycles. The van der Waals surface area contributed by atoms with Crippen molar-refractivity contribution < 1.29 is 14.7 Å². The highest BCUT2D eigenvalue weighted by Crippen LogP contribution is 2.14. The van der Waals surface area contributed by atoms with E-state index in [1.54, 1.807) is 24.3 Å². The van der Waals surface area contributed by atoms with E-state index in [4.69, 9.17) is 0 Å². The zero-order valence-corrected chi connectivity index (χ0v) is 12.0. The highest BCUT2D eigenvalue weighted by atomic mass is 16.3. The van der Waals surface area contributed by atoms with Crippen LogP contribution in [-0.2, 0) is 9.59 Å². The Labute approximate surface area is 129 Å². The smallest absolute Gasteiger partial charge is 0.313 e. The summed E-state index contributed by atoms with van der Waals surface area (Å²) in [6.07, 6.45) is -0.326. The summed E-state index contributed by atoms with van der Waals surface area (Å²) in [5.74, 6) is -1.44. The number of carbonyl (C=O) groups excluding carboxylic acids is 2. The first-order valence-corrected chi connectivity index (χ1v) is 7.04. The minimum absolute atomic E-state index is 0.219. The number of hydrogen-bond donors (Lipinski definition) is 3. The van der Waals surface area contributed by atoms with Crippen molar-refractivity contribution in [3.05, 3.63) is 66.2 Å². The van der Waals surface area contributed by atoms with Crippen molar-refractivity contribution in [1.29, 1.82) is 0 Å². The molecule has 0 fully saturated rings. The summed E-state index contributed by atoms with van der Waals surface area (Å²) >= 11 is 0. The molecule has 2 aromatic rings. The van der Waals surface area contributed by atoms with E-state index in [2.05, 4.69) is 10.6 Å². The SMILES string of the molecule is O=C(NCC[C@@H](O)c1ccccc1)C(=O)Nc1ccccc1. The number of hydrogen-bond acceptors (Lipinski definition) is 3. The Kier molecular flexibility index (Phi) is 5.68. The number of para-hydroxylation sites is 1. The van der Waals surface area contributed by atoms with Crippen LogP contribution in [-0.4, -0.2) is 23.5 Å². The number of amides is 2. The van der Waals surface area contributed by atoms with Crippen LogP contribution in [0.1, 0.15) is 18.1 Å². The van der Waals surface area contributed by atoms with E-state index >= 15 is 0 Å². The van der Waals surface area contributed by atoms with Crippen LogP contribution in [0.2, 0.25) is 0 Å². The second-order valence-electron chi connectivity index (χ2n) is 4.79. The van der Waals surface area contributed by atoms with E-state index < -0.39 is 17.9 Å². The zero-order valence-electron chi connectivity index (χ0n) is 12.0. The van der Waals surface area contributed by atoms with Gasteiger partial charge in [-0.2, -0.15) is 0 Å². The van der Waals surface area contributed by atoms with Crippen molar-refractivity contribution >= 4 is 17.5 Å². The number of carbonyl (C=O) groups is 2. The lowest BCUT2D eigenvalue weighted by atomic mass is 10.1. The monoisotopic (exact) mass is 298 g/mol. The lowest BCUT2D eigenvalue weighted by molar-refractivity contribution is -0.136. The first-order valence-electron chi connectivity index (χ1n) is 7.04. The molecule has 1 atom stereocenters. The van der Waals surface area contributed by atoms with Gasteiger partial charge in [0.25, 0.3) is 0 Å². The second kappa shape index (κ2) is 7.95. The van der Waals surface area contributed by atoms with Gasteiger partial charge in [-0.25, -0.2) is 0 Å². The summed E-state index contributed by atoms with van der Waals surface area (Å²) in [6, 6.07) is 17.9. The molecule has 0 saturated carbocycles. The Balaban J connectivity index is 1.74. The molecule has 22 heavy (non-hydrogen) atoms. The molecule has 0 radical (unpaired) electrons. The molecule has 0 saturated heterocycles. The number of rotatable bonds is 5. The fourth-order valence-electron chi connectivity index (χ4n) is 1.95. The Morgan fingerprint density at radius 2 is 1.50 bits per heavy atom. The fraction of sp³-hybridized carbons (Fsp3) is 0.176. The summed E-state index contributed by atoms with van der Waals surface area (Å²) < 4.78 is 0. The predicted octanol–water partition coefficient (Wildman–Crippen LogP) is 1.86. The van der Waals surface area contributed by atoms with Gasteiger partial charge in [0.05, 0.1) is 6.10 Å². The standard InChI is InChI=1S/C17H18N2O3/c20-15(13-7-3-1-4-8-13)11-12-18-16(21)17(22)19-14-9-5-2-6-10-14/h1-10,15,20H,11-12H2,(H,18,21)(H,19,22)/t15-/m1/s1. The fourth-order valence-corrected chi connectivity index (χ4v) is 1.95. The van der Waals surface area contributed by atoms with Crippen molar-refractivity contribution in [2.45, 2.75) is 12.5 Å². The van der Waals surface area contributed by atoms with Gasteiger partial charge >= 0.3 is 11.8 Å². The Morgan fingerprint density at radius 3 is 2.14 bits per heavy atom. The van der Waals surface area contributed by atoms with Gasteiger partial charge in [0.15, 0.2) is 0 Å². The van der Waals surface area contributed by atoms with E-state index in [0.29, 0.717) is 12.1 Å². The molecular formula is C17H18N2O3. The summed E-state index contributed by atoms with van der Waals surface area (Å²) in [4.78, 5) is 23.3. The molecule has 0 bridgehead atoms. The van der Waals surface area contributed by atoms with E-state index in [0.717, 1.165) is 5.56 Å². The lowest BCUT2D eigenvalue weighted by Gasteiger charge is -2.11. The van der Waals surface area contributed by atoms with Crippen molar-refractivity contribution in [3.8, 4) is 0 Å². The number of anilines is 1. The van der Waals surface area contributed by atoms with Crippen molar-refractivity contribution in [2.24, 2.45) is 0 Å². The van der Waals surface area contributed by atoms with E-state index in [1.165, 1.54) is 0 Å². The molecule has 0 heterocycles. The zero-order chi connectivity index (χ0) is 15.8. The first kappa shape index (κ1) is 15.7. The Hall–Kier alpha value is -2.66. The number of benzene rings is 2. The molecule has 5 heteroatoms. The van der Waals surface area contributed by atoms with Crippen LogP contribution < -0.4 is 10.6 Å². The van der Waals surface area contributed by atoms with Gasteiger partial charge < -0.3 is 15.7 Å². The van der Waals surface area contributed by atoms with Gasteiger partial charge in [0.2, 0.25) is 0 Å². The first-order chi connectivity index (χ1) is 10.7. The molecule has 2 rings (SSSR count). The molecule has 114 valence electrons. The number of aliphatic hydroxyl groups excluding tert-OH is 1. The van der Waals surface area contributed by atoms with Crippen LogP contribution in [0.15, 0.2) is 60.7 Å². The number of nitrogens with one attached hydrogen (secondary N) is 2. The average Bonchev–Trinajstić information content (AvgIpc) is 2.56. The molecular weight excluding hydrogens is 280 g/mol. The van der Waals surface area contributed by atoms with Crippen LogP contribution in [0, 0.1) is 0 Å². The highest BCUT2D eigenvalue weighted by Gasteiger charge is 2.14. The van der Waals surface area contributed by atoms with Gasteiger partial charge in [0.1, 0.15) is 0 Å². The quantitative estimate of drug-likeness (QED) is 0.737. The third-order valence-corrected chi connectivity index (χ3v) is 3.13. The molecule has 0 aliphatic rings. The number of aliphatic hydroxyl groups is 1. The van der Waals surface area contributed by atoms with E-state index in [9.17, 15) is 14.7 Å². The van der Waals surface area contributed by atoms with Gasteiger partial charge in [-0.05, 0) is 24.1 Å². The summed E-state index contributed by atoms with van der Waals surface area (Å²) in [5, 5.41) is 14.9. The van der Waals surface area contributed by atoms with Crippen molar-refractivity contribution in [2.75, 3.05) is 11.9 Å². The molecule has 2 aromatic carbocycles. The molecule has 3 N–H and O–H groups in total. The maximum atomic E-state index is 11.7. The highest BCUT2D eigenvalue weighted by molar-refractivity contribution is 6.39. The van der Waals surface area contributed by atoms with Crippen LogP contribution in [0.5, 0.6) is 0 Å². The third kappa shape index (κ3) is 4.71. The molecule has 0 aliphatic carbocycles. The Bertz CT molecular complexity index is 614. The summed E-state index contributed by atoms with van der Waals surface area (Å²) in [7, 11) is 0. The van der Waals surface area contributed by atoms with E-state index in [1.807, 2.05) is 36.4 Å². The van der Waals surface area contributed by atoms with Crippen molar-refractivity contribution in [3.63, 3.8) is 0 Å². The second-order valence-corrected chi connectivity index (χ2v) is 4.79. The molecule has 5 nitrogen and oxygen atoms in total. The maximum absolute atomic E-state index is 11.7. The average molecular weight is 298 g/mol. The molecule has 0 unspecified atom stereocenters. The van der Waals surface area contributed by atoms with Crippen LogP contribution in [0.25, 0.3) is 0 Å². The van der Waals surface area contributed by atoms with Crippen LogP contribution >= 0.6 is 0 Å². The molecule has 0 aromatic heterocycles. The topological polar surface area (TPSA) is 78.4 Å². The third-order valence-electron chi connectivity index (χ3n) is 3.13. The predicted molar refractivity (Wildman–Crippen MR) is 84.1 cm³/mol. The van der Waals surface area contributed by atoms with E-state index in [-0.39, 0.29) is 6.54 Å². The van der Waals surface area contributed by atoms with Gasteiger partial charge in [0, 0.05) is 12.2 Å². The minimum Gasteiger partial charge on any atom is -0.388 e. The lowest BCUT2D eigenvalue weighted by Crippen LogP contribution is -2.36. The minimum atomic E-state index is -0.722. The van der Waals surface area contributed by atoms with Crippen LogP contribution in [0.4, 0.5) is 5.69 Å². The van der Waals surface area contributed by atoms with Gasteiger partial charge in [-0.3, -0.25) is 9.59 Å². The van der Waals surface area contributed by atoms with Crippen LogP contribution in [0.3, 0.4) is 0 Å². The normalized spacial score (nSPS) is 11.5. The van der Waals surface area contributed by atoms with Crippen molar-refractivity contribution in [1.82, 2.24) is 5.32 Å². The molecule has 0 spiro atoms. The summed E-state index contributed by atoms with van der Waals surface area (Å²) in [5.41, 5.74) is 1.34. The largest absolute Gasteiger partial charge is 0.388 e. The molecule has 2 amide bonds. The summed E-state index contributed by atoms with van der Waals surface area (Å²) in [6.45, 7) is 0.219. The Morgan fingerprint density at radius 1 is 0.909 bits per heavy atom. The van der Waals surface area contributed by atoms with Gasteiger partial charge in [-0.15, -0.1) is 0 Å².